The summed E-state index contributed by atoms with van der Waals surface area (Å²) in [6.07, 6.45) is 2.50. The molecule has 0 bridgehead atoms. The molecule has 2 rings (SSSR count). The molecule has 2 heteroatoms. The van der Waals surface area contributed by atoms with E-state index in [1.807, 2.05) is 12.1 Å². The Labute approximate surface area is 103 Å². The molecule has 0 unspecified atom stereocenters. The van der Waals surface area contributed by atoms with E-state index in [1.54, 1.807) is 0 Å². The number of hydrogen-bond donors (Lipinski definition) is 1. The number of hydrogen-bond acceptors (Lipinski definition) is 1. The lowest BCUT2D eigenvalue weighted by Gasteiger charge is -2.26. The van der Waals surface area contributed by atoms with E-state index >= 15 is 0 Å². The number of nitrogens with one attached hydrogen (secondary N) is 1. The molecule has 1 aromatic rings. The van der Waals surface area contributed by atoms with Gasteiger partial charge in [0.2, 0.25) is 0 Å². The summed E-state index contributed by atoms with van der Waals surface area (Å²) in [6, 6.07) is 8.24. The molecule has 88 valence electrons. The maximum Gasteiger partial charge on any atom is 0.0444 e. The highest BCUT2D eigenvalue weighted by atomic mass is 35.5. The molecule has 0 aromatic heterocycles. The number of halogens is 1. The standard InChI is InChI=1S/C14H20ClN/c1-13(2,3)16-10-14(8-9-14)11-6-4-5-7-12(11)15/h4-7,16H,8-10H2,1-3H3. The van der Waals surface area contributed by atoms with Gasteiger partial charge < -0.3 is 5.32 Å². The molecule has 0 amide bonds. The highest BCUT2D eigenvalue weighted by molar-refractivity contribution is 6.31. The van der Waals surface area contributed by atoms with Crippen LogP contribution in [0.5, 0.6) is 0 Å². The van der Waals surface area contributed by atoms with Crippen molar-refractivity contribution in [2.75, 3.05) is 6.54 Å². The monoisotopic (exact) mass is 237 g/mol. The van der Waals surface area contributed by atoms with Crippen LogP contribution in [-0.4, -0.2) is 12.1 Å². The van der Waals surface area contributed by atoms with Crippen molar-refractivity contribution in [2.24, 2.45) is 0 Å². The Bertz CT molecular complexity index is 375. The molecular formula is C14H20ClN. The molecular weight excluding hydrogens is 218 g/mol. The number of benzene rings is 1. The fourth-order valence-electron chi connectivity index (χ4n) is 2.02. The molecule has 1 saturated carbocycles. The Morgan fingerprint density at radius 1 is 1.25 bits per heavy atom. The second kappa shape index (κ2) is 4.05. The first kappa shape index (κ1) is 11.9. The number of rotatable bonds is 3. The zero-order valence-corrected chi connectivity index (χ0v) is 11.1. The van der Waals surface area contributed by atoms with Crippen molar-refractivity contribution in [3.63, 3.8) is 0 Å². The van der Waals surface area contributed by atoms with Crippen LogP contribution in [0.15, 0.2) is 24.3 Å². The van der Waals surface area contributed by atoms with Gasteiger partial charge in [0.05, 0.1) is 0 Å². The van der Waals surface area contributed by atoms with Crippen LogP contribution in [0.4, 0.5) is 0 Å². The Kier molecular flexibility index (Phi) is 3.02. The Morgan fingerprint density at radius 3 is 2.38 bits per heavy atom. The highest BCUT2D eigenvalue weighted by Crippen LogP contribution is 2.50. The van der Waals surface area contributed by atoms with Gasteiger partial charge in [0.1, 0.15) is 0 Å². The van der Waals surface area contributed by atoms with Gasteiger partial charge in [-0.25, -0.2) is 0 Å². The van der Waals surface area contributed by atoms with Crippen molar-refractivity contribution >= 4 is 11.6 Å². The van der Waals surface area contributed by atoms with Gasteiger partial charge in [-0.15, -0.1) is 0 Å². The summed E-state index contributed by atoms with van der Waals surface area (Å²) in [6.45, 7) is 7.64. The van der Waals surface area contributed by atoms with Gasteiger partial charge >= 0.3 is 0 Å². The van der Waals surface area contributed by atoms with E-state index in [4.69, 9.17) is 11.6 Å². The first-order valence-corrected chi connectivity index (χ1v) is 6.31. The molecule has 0 aliphatic heterocycles. The van der Waals surface area contributed by atoms with Crippen molar-refractivity contribution in [3.05, 3.63) is 34.9 Å². The Balaban J connectivity index is 2.12. The van der Waals surface area contributed by atoms with E-state index in [0.717, 1.165) is 11.6 Å². The van der Waals surface area contributed by atoms with Gasteiger partial charge in [0.15, 0.2) is 0 Å². The van der Waals surface area contributed by atoms with Gasteiger partial charge in [-0.3, -0.25) is 0 Å². The van der Waals surface area contributed by atoms with Gasteiger partial charge in [0.25, 0.3) is 0 Å². The third-order valence-electron chi connectivity index (χ3n) is 3.26. The summed E-state index contributed by atoms with van der Waals surface area (Å²) in [5, 5.41) is 4.50. The second-order valence-corrected chi connectivity index (χ2v) is 6.27. The van der Waals surface area contributed by atoms with Crippen LogP contribution in [0.25, 0.3) is 0 Å². The fraction of sp³-hybridized carbons (Fsp3) is 0.571. The van der Waals surface area contributed by atoms with E-state index in [2.05, 4.69) is 38.2 Å². The van der Waals surface area contributed by atoms with Crippen LogP contribution in [0.1, 0.15) is 39.2 Å². The average molecular weight is 238 g/mol. The fourth-order valence-corrected chi connectivity index (χ4v) is 2.35. The lowest BCUT2D eigenvalue weighted by Crippen LogP contribution is -2.41. The van der Waals surface area contributed by atoms with Crippen LogP contribution < -0.4 is 5.32 Å². The largest absolute Gasteiger partial charge is 0.311 e. The van der Waals surface area contributed by atoms with E-state index in [1.165, 1.54) is 18.4 Å². The molecule has 1 aliphatic carbocycles. The molecule has 1 N–H and O–H groups in total. The van der Waals surface area contributed by atoms with Crippen molar-refractivity contribution in [2.45, 2.75) is 44.6 Å². The van der Waals surface area contributed by atoms with Crippen molar-refractivity contribution in [3.8, 4) is 0 Å². The van der Waals surface area contributed by atoms with E-state index in [0.29, 0.717) is 5.41 Å². The molecule has 1 nitrogen and oxygen atoms in total. The van der Waals surface area contributed by atoms with Crippen molar-refractivity contribution in [1.82, 2.24) is 5.32 Å². The third kappa shape index (κ3) is 2.58. The Morgan fingerprint density at radius 2 is 1.88 bits per heavy atom. The molecule has 0 radical (unpaired) electrons. The molecule has 0 atom stereocenters. The quantitative estimate of drug-likeness (QED) is 0.844. The van der Waals surface area contributed by atoms with Gasteiger partial charge in [-0.2, -0.15) is 0 Å². The lowest BCUT2D eigenvalue weighted by molar-refractivity contribution is 0.400. The SMILES string of the molecule is CC(C)(C)NCC1(c2ccccc2Cl)CC1. The highest BCUT2D eigenvalue weighted by Gasteiger charge is 2.45. The van der Waals surface area contributed by atoms with Gasteiger partial charge in [-0.1, -0.05) is 29.8 Å². The smallest absolute Gasteiger partial charge is 0.0444 e. The van der Waals surface area contributed by atoms with Crippen LogP contribution in [-0.2, 0) is 5.41 Å². The minimum atomic E-state index is 0.177. The summed E-state index contributed by atoms with van der Waals surface area (Å²) in [7, 11) is 0. The van der Waals surface area contributed by atoms with Crippen molar-refractivity contribution < 1.29 is 0 Å². The van der Waals surface area contributed by atoms with Crippen LogP contribution >= 0.6 is 11.6 Å². The molecule has 0 heterocycles. The van der Waals surface area contributed by atoms with Crippen LogP contribution in [0.2, 0.25) is 5.02 Å². The topological polar surface area (TPSA) is 12.0 Å². The zero-order chi connectivity index (χ0) is 11.8. The van der Waals surface area contributed by atoms with Gasteiger partial charge in [-0.05, 0) is 45.2 Å². The lowest BCUT2D eigenvalue weighted by atomic mass is 9.94. The molecule has 1 aromatic carbocycles. The maximum absolute atomic E-state index is 6.27. The third-order valence-corrected chi connectivity index (χ3v) is 3.59. The molecule has 0 spiro atoms. The summed E-state index contributed by atoms with van der Waals surface area (Å²) in [4.78, 5) is 0. The van der Waals surface area contributed by atoms with Crippen LogP contribution in [0, 0.1) is 0 Å². The maximum atomic E-state index is 6.27. The second-order valence-electron chi connectivity index (χ2n) is 5.86. The van der Waals surface area contributed by atoms with Gasteiger partial charge in [0, 0.05) is 22.5 Å². The predicted molar refractivity (Wildman–Crippen MR) is 70.1 cm³/mol. The zero-order valence-electron chi connectivity index (χ0n) is 10.3. The Hall–Kier alpha value is -0.530. The van der Waals surface area contributed by atoms with Crippen LogP contribution in [0.3, 0.4) is 0 Å². The summed E-state index contributed by atoms with van der Waals surface area (Å²) >= 11 is 6.27. The molecule has 1 aliphatic rings. The molecule has 1 fully saturated rings. The molecule has 16 heavy (non-hydrogen) atoms. The average Bonchev–Trinajstić information content (AvgIpc) is 2.96. The predicted octanol–water partition coefficient (Wildman–Crippen LogP) is 3.76. The summed E-state index contributed by atoms with van der Waals surface area (Å²) < 4.78 is 0. The van der Waals surface area contributed by atoms with E-state index in [-0.39, 0.29) is 5.54 Å². The first-order chi connectivity index (χ1) is 7.43. The van der Waals surface area contributed by atoms with Crippen molar-refractivity contribution in [1.29, 1.82) is 0 Å². The summed E-state index contributed by atoms with van der Waals surface area (Å²) in [5.41, 5.74) is 1.79. The minimum absolute atomic E-state index is 0.177. The first-order valence-electron chi connectivity index (χ1n) is 5.93. The normalized spacial score (nSPS) is 18.5. The van der Waals surface area contributed by atoms with E-state index in [9.17, 15) is 0 Å². The summed E-state index contributed by atoms with van der Waals surface area (Å²) in [5.74, 6) is 0. The molecule has 0 saturated heterocycles. The minimum Gasteiger partial charge on any atom is -0.311 e. The van der Waals surface area contributed by atoms with E-state index < -0.39 is 0 Å².